The van der Waals surface area contributed by atoms with Crippen molar-refractivity contribution in [3.63, 3.8) is 0 Å². The summed E-state index contributed by atoms with van der Waals surface area (Å²) in [6.45, 7) is 1.23. The molecule has 1 amide bonds. The summed E-state index contributed by atoms with van der Waals surface area (Å²) < 4.78 is 1.83. The first kappa shape index (κ1) is 13.1. The number of aromatic nitrogens is 2. The smallest absolute Gasteiger partial charge is 0.221 e. The molecular formula is C12H14ClN3OS. The van der Waals surface area contributed by atoms with Crippen molar-refractivity contribution in [2.75, 3.05) is 12.4 Å². The fourth-order valence-corrected chi connectivity index (χ4v) is 2.36. The average Bonchev–Trinajstić information content (AvgIpc) is 2.99. The van der Waals surface area contributed by atoms with E-state index in [1.807, 2.05) is 28.4 Å². The van der Waals surface area contributed by atoms with Crippen LogP contribution in [0.4, 0.5) is 0 Å². The molecule has 0 atom stereocenters. The summed E-state index contributed by atoms with van der Waals surface area (Å²) in [5.41, 5.74) is 2.09. The van der Waals surface area contributed by atoms with Crippen molar-refractivity contribution in [1.29, 1.82) is 0 Å². The van der Waals surface area contributed by atoms with Crippen LogP contribution in [0.2, 0.25) is 0 Å². The first-order chi connectivity index (χ1) is 8.79. The summed E-state index contributed by atoms with van der Waals surface area (Å²) in [5, 5.41) is 11.3. The molecule has 0 aromatic carbocycles. The summed E-state index contributed by atoms with van der Waals surface area (Å²) in [4.78, 5) is 11.2. The first-order valence-corrected chi connectivity index (χ1v) is 7.16. The zero-order valence-corrected chi connectivity index (χ0v) is 11.4. The zero-order valence-electron chi connectivity index (χ0n) is 9.80. The molecule has 0 saturated carbocycles. The van der Waals surface area contributed by atoms with Crippen molar-refractivity contribution >= 4 is 28.8 Å². The van der Waals surface area contributed by atoms with Gasteiger partial charge >= 0.3 is 0 Å². The quantitative estimate of drug-likeness (QED) is 0.827. The summed E-state index contributed by atoms with van der Waals surface area (Å²) in [7, 11) is 0. The molecule has 0 bridgehead atoms. The van der Waals surface area contributed by atoms with Crippen molar-refractivity contribution < 1.29 is 4.79 Å². The van der Waals surface area contributed by atoms with Gasteiger partial charge in [-0.25, -0.2) is 0 Å². The highest BCUT2D eigenvalue weighted by Crippen LogP contribution is 2.19. The molecule has 0 aliphatic heterocycles. The van der Waals surface area contributed by atoms with Crippen molar-refractivity contribution in [3.8, 4) is 11.3 Å². The van der Waals surface area contributed by atoms with Gasteiger partial charge in [-0.15, -0.1) is 11.6 Å². The minimum Gasteiger partial charge on any atom is -0.354 e. The van der Waals surface area contributed by atoms with E-state index in [0.29, 0.717) is 25.4 Å². The Morgan fingerprint density at radius 3 is 3.11 bits per heavy atom. The van der Waals surface area contributed by atoms with Gasteiger partial charge in [-0.3, -0.25) is 9.48 Å². The number of carbonyl (C=O) groups is 1. The molecule has 96 valence electrons. The molecule has 2 rings (SSSR count). The number of carbonyl (C=O) groups excluding carboxylic acids is 1. The van der Waals surface area contributed by atoms with Crippen molar-refractivity contribution in [2.45, 2.75) is 13.0 Å². The highest BCUT2D eigenvalue weighted by molar-refractivity contribution is 7.08. The summed E-state index contributed by atoms with van der Waals surface area (Å²) in [6, 6.07) is 4.02. The van der Waals surface area contributed by atoms with Crippen LogP contribution < -0.4 is 5.32 Å². The maximum Gasteiger partial charge on any atom is 0.221 e. The van der Waals surface area contributed by atoms with Gasteiger partial charge in [0.05, 0.1) is 12.2 Å². The van der Waals surface area contributed by atoms with Gasteiger partial charge in [0.15, 0.2) is 0 Å². The van der Waals surface area contributed by atoms with E-state index in [1.165, 1.54) is 0 Å². The Balaban J connectivity index is 1.82. The molecule has 0 fully saturated rings. The standard InChI is InChI=1S/C12H14ClN3OS/c13-4-1-12(17)14-5-7-16-6-2-11(15-16)10-3-8-18-9-10/h2-3,6,8-9H,1,4-5,7H2,(H,14,17). The SMILES string of the molecule is O=C(CCCl)NCCn1ccc(-c2ccsc2)n1. The van der Waals surface area contributed by atoms with Gasteiger partial charge in [0.1, 0.15) is 0 Å². The van der Waals surface area contributed by atoms with Crippen LogP contribution in [0.15, 0.2) is 29.1 Å². The van der Waals surface area contributed by atoms with E-state index >= 15 is 0 Å². The average molecular weight is 284 g/mol. The monoisotopic (exact) mass is 283 g/mol. The van der Waals surface area contributed by atoms with Crippen LogP contribution in [0.25, 0.3) is 11.3 Å². The minimum atomic E-state index is -0.0183. The summed E-state index contributed by atoms with van der Waals surface area (Å²) in [6.07, 6.45) is 2.28. The Morgan fingerprint density at radius 2 is 2.39 bits per heavy atom. The molecular weight excluding hydrogens is 270 g/mol. The van der Waals surface area contributed by atoms with Gasteiger partial charge in [-0.1, -0.05) is 0 Å². The maximum atomic E-state index is 11.2. The number of halogens is 1. The van der Waals surface area contributed by atoms with Crippen LogP contribution in [-0.4, -0.2) is 28.1 Å². The fraction of sp³-hybridized carbons (Fsp3) is 0.333. The van der Waals surface area contributed by atoms with Crippen LogP contribution in [0, 0.1) is 0 Å². The van der Waals surface area contributed by atoms with Crippen molar-refractivity contribution in [1.82, 2.24) is 15.1 Å². The highest BCUT2D eigenvalue weighted by Gasteiger charge is 2.03. The molecule has 0 spiro atoms. The Bertz CT molecular complexity index is 495. The lowest BCUT2D eigenvalue weighted by atomic mass is 10.2. The number of amides is 1. The van der Waals surface area contributed by atoms with Gasteiger partial charge in [0.2, 0.25) is 5.91 Å². The van der Waals surface area contributed by atoms with E-state index in [0.717, 1.165) is 11.3 Å². The summed E-state index contributed by atoms with van der Waals surface area (Å²) in [5.74, 6) is 0.339. The van der Waals surface area contributed by atoms with E-state index < -0.39 is 0 Å². The number of rotatable bonds is 6. The second-order valence-electron chi connectivity index (χ2n) is 3.77. The lowest BCUT2D eigenvalue weighted by molar-refractivity contribution is -0.120. The van der Waals surface area contributed by atoms with E-state index in [2.05, 4.69) is 15.8 Å². The second-order valence-corrected chi connectivity index (χ2v) is 4.92. The predicted molar refractivity (Wildman–Crippen MR) is 73.9 cm³/mol. The van der Waals surface area contributed by atoms with E-state index in [1.54, 1.807) is 11.3 Å². The van der Waals surface area contributed by atoms with Gasteiger partial charge < -0.3 is 5.32 Å². The van der Waals surface area contributed by atoms with E-state index in [-0.39, 0.29) is 5.91 Å². The first-order valence-electron chi connectivity index (χ1n) is 5.68. The van der Waals surface area contributed by atoms with Crippen LogP contribution in [-0.2, 0) is 11.3 Å². The molecule has 0 aliphatic carbocycles. The Morgan fingerprint density at radius 1 is 1.50 bits per heavy atom. The largest absolute Gasteiger partial charge is 0.354 e. The molecule has 2 aromatic rings. The third-order valence-electron chi connectivity index (χ3n) is 2.44. The molecule has 4 nitrogen and oxygen atoms in total. The molecule has 0 radical (unpaired) electrons. The van der Waals surface area contributed by atoms with Gasteiger partial charge in [-0.05, 0) is 17.5 Å². The van der Waals surface area contributed by atoms with Crippen LogP contribution in [0.3, 0.4) is 0 Å². The Kier molecular flexibility index (Phi) is 4.78. The topological polar surface area (TPSA) is 46.9 Å². The lowest BCUT2D eigenvalue weighted by Gasteiger charge is -2.03. The third kappa shape index (κ3) is 3.58. The minimum absolute atomic E-state index is 0.0183. The number of nitrogens with zero attached hydrogens (tertiary/aromatic N) is 2. The number of hydrogen-bond acceptors (Lipinski definition) is 3. The Labute approximate surface area is 115 Å². The Hall–Kier alpha value is -1.33. The van der Waals surface area contributed by atoms with Crippen molar-refractivity contribution in [3.05, 3.63) is 29.1 Å². The van der Waals surface area contributed by atoms with Crippen LogP contribution in [0.5, 0.6) is 0 Å². The normalized spacial score (nSPS) is 10.5. The summed E-state index contributed by atoms with van der Waals surface area (Å²) >= 11 is 7.13. The second kappa shape index (κ2) is 6.56. The molecule has 0 saturated heterocycles. The predicted octanol–water partition coefficient (Wildman–Crippen LogP) is 2.36. The van der Waals surface area contributed by atoms with Gasteiger partial charge in [0, 0.05) is 36.0 Å². The highest BCUT2D eigenvalue weighted by atomic mass is 35.5. The van der Waals surface area contributed by atoms with E-state index in [9.17, 15) is 4.79 Å². The number of hydrogen-bond donors (Lipinski definition) is 1. The molecule has 0 aliphatic rings. The van der Waals surface area contributed by atoms with Gasteiger partial charge in [0.25, 0.3) is 0 Å². The molecule has 18 heavy (non-hydrogen) atoms. The molecule has 2 heterocycles. The number of alkyl halides is 1. The molecule has 2 aromatic heterocycles. The van der Waals surface area contributed by atoms with Crippen molar-refractivity contribution in [2.24, 2.45) is 0 Å². The van der Waals surface area contributed by atoms with Gasteiger partial charge in [-0.2, -0.15) is 16.4 Å². The fourth-order valence-electron chi connectivity index (χ4n) is 1.53. The number of thiophene rings is 1. The molecule has 1 N–H and O–H groups in total. The molecule has 6 heteroatoms. The lowest BCUT2D eigenvalue weighted by Crippen LogP contribution is -2.27. The maximum absolute atomic E-state index is 11.2. The van der Waals surface area contributed by atoms with Crippen LogP contribution in [0.1, 0.15) is 6.42 Å². The third-order valence-corrected chi connectivity index (χ3v) is 3.31. The zero-order chi connectivity index (χ0) is 12.8. The van der Waals surface area contributed by atoms with Crippen LogP contribution >= 0.6 is 22.9 Å². The van der Waals surface area contributed by atoms with E-state index in [4.69, 9.17) is 11.6 Å². The number of nitrogens with one attached hydrogen (secondary N) is 1. The molecule has 0 unspecified atom stereocenters.